The molecule has 0 aliphatic heterocycles. The molecule has 0 spiro atoms. The van der Waals surface area contributed by atoms with Gasteiger partial charge in [0.1, 0.15) is 12.4 Å². The zero-order valence-electron chi connectivity index (χ0n) is 12.5. The van der Waals surface area contributed by atoms with E-state index in [0.717, 1.165) is 18.4 Å². The Labute approximate surface area is 125 Å². The summed E-state index contributed by atoms with van der Waals surface area (Å²) in [6, 6.07) is 6.93. The molecule has 2 rings (SSSR count). The number of carbonyl (C=O) groups is 2. The van der Waals surface area contributed by atoms with Gasteiger partial charge in [-0.2, -0.15) is 0 Å². The van der Waals surface area contributed by atoms with Gasteiger partial charge in [0.05, 0.1) is 0 Å². The third-order valence-corrected chi connectivity index (χ3v) is 3.40. The van der Waals surface area contributed by atoms with Crippen LogP contribution in [0.5, 0.6) is 5.75 Å². The van der Waals surface area contributed by atoms with Crippen molar-refractivity contribution in [1.82, 2.24) is 0 Å². The largest absolute Gasteiger partial charge is 0.486 e. The van der Waals surface area contributed by atoms with E-state index in [2.05, 4.69) is 0 Å². The first-order valence-corrected chi connectivity index (χ1v) is 7.25. The molecule has 1 aromatic carbocycles. The van der Waals surface area contributed by atoms with Gasteiger partial charge < -0.3 is 4.74 Å². The van der Waals surface area contributed by atoms with Crippen LogP contribution in [0.25, 0.3) is 0 Å². The van der Waals surface area contributed by atoms with Crippen molar-refractivity contribution < 1.29 is 14.3 Å². The van der Waals surface area contributed by atoms with Crippen molar-refractivity contribution in [3.05, 3.63) is 53.6 Å². The van der Waals surface area contributed by atoms with Crippen molar-refractivity contribution in [3.8, 4) is 5.75 Å². The molecule has 0 unspecified atom stereocenters. The monoisotopic (exact) mass is 284 g/mol. The minimum atomic E-state index is -0.0316. The minimum Gasteiger partial charge on any atom is -0.486 e. The lowest BCUT2D eigenvalue weighted by molar-refractivity contribution is -0.123. The molecule has 0 atom stereocenters. The standard InChI is InChI=1S/C18H20O3/c1-13(2)17(19)12-21-16-10-8-15(9-11-16)18(20)14-6-4-3-5-7-14/h4,6-11,13H,3,5,12H2,1-2H3. The molecule has 0 saturated carbocycles. The fourth-order valence-corrected chi connectivity index (χ4v) is 1.97. The lowest BCUT2D eigenvalue weighted by Crippen LogP contribution is -2.16. The molecule has 1 aromatic rings. The second kappa shape index (κ2) is 7.02. The van der Waals surface area contributed by atoms with Crippen molar-refractivity contribution in [1.29, 1.82) is 0 Å². The fraction of sp³-hybridized carbons (Fsp3) is 0.333. The van der Waals surface area contributed by atoms with E-state index in [0.29, 0.717) is 11.3 Å². The number of carbonyl (C=O) groups excluding carboxylic acids is 2. The summed E-state index contributed by atoms with van der Waals surface area (Å²) >= 11 is 0. The van der Waals surface area contributed by atoms with Gasteiger partial charge in [0, 0.05) is 17.1 Å². The van der Waals surface area contributed by atoms with Crippen molar-refractivity contribution in [2.24, 2.45) is 5.92 Å². The number of benzene rings is 1. The molecule has 0 radical (unpaired) electrons. The number of hydrogen-bond acceptors (Lipinski definition) is 3. The normalized spacial score (nSPS) is 14.0. The van der Waals surface area contributed by atoms with Crippen LogP contribution < -0.4 is 4.74 Å². The van der Waals surface area contributed by atoms with Gasteiger partial charge in [0.15, 0.2) is 11.6 Å². The molecule has 0 aromatic heterocycles. The second-order valence-electron chi connectivity index (χ2n) is 5.40. The van der Waals surface area contributed by atoms with Crippen LogP contribution in [0.15, 0.2) is 48.1 Å². The van der Waals surface area contributed by atoms with Crippen LogP contribution in [-0.2, 0) is 4.79 Å². The molecule has 0 saturated heterocycles. The highest BCUT2D eigenvalue weighted by molar-refractivity contribution is 6.10. The number of hydrogen-bond donors (Lipinski definition) is 0. The van der Waals surface area contributed by atoms with Crippen LogP contribution in [0.4, 0.5) is 0 Å². The minimum absolute atomic E-state index is 0.0238. The molecule has 1 aliphatic carbocycles. The maximum Gasteiger partial charge on any atom is 0.192 e. The summed E-state index contributed by atoms with van der Waals surface area (Å²) < 4.78 is 5.42. The summed E-state index contributed by atoms with van der Waals surface area (Å²) in [5.41, 5.74) is 1.38. The van der Waals surface area contributed by atoms with Crippen LogP contribution in [0.1, 0.15) is 37.0 Å². The summed E-state index contributed by atoms with van der Waals surface area (Å²) in [6.45, 7) is 3.76. The molecule has 3 nitrogen and oxygen atoms in total. The quantitative estimate of drug-likeness (QED) is 0.747. The number of rotatable bonds is 6. The summed E-state index contributed by atoms with van der Waals surface area (Å²) in [5.74, 6) is 0.660. The maximum atomic E-state index is 12.3. The van der Waals surface area contributed by atoms with E-state index in [4.69, 9.17) is 4.74 Å². The van der Waals surface area contributed by atoms with E-state index in [1.165, 1.54) is 0 Å². The Bertz CT molecular complexity index is 577. The summed E-state index contributed by atoms with van der Waals surface area (Å²) in [6.07, 6.45) is 7.76. The van der Waals surface area contributed by atoms with Crippen molar-refractivity contribution in [2.45, 2.75) is 26.7 Å². The predicted octanol–water partition coefficient (Wildman–Crippen LogP) is 3.75. The first-order valence-electron chi connectivity index (χ1n) is 7.25. The Morgan fingerprint density at radius 2 is 1.86 bits per heavy atom. The predicted molar refractivity (Wildman–Crippen MR) is 82.6 cm³/mol. The number of ketones is 2. The maximum absolute atomic E-state index is 12.3. The Kier molecular flexibility index (Phi) is 5.09. The SMILES string of the molecule is CC(C)C(=O)COc1ccc(C(=O)C2=CCCC=C2)cc1. The Balaban J connectivity index is 1.98. The number of ether oxygens (including phenoxy) is 1. The van der Waals surface area contributed by atoms with Crippen molar-refractivity contribution in [2.75, 3.05) is 6.61 Å². The lowest BCUT2D eigenvalue weighted by Gasteiger charge is -2.09. The van der Waals surface area contributed by atoms with Gasteiger partial charge in [-0.05, 0) is 37.1 Å². The third-order valence-electron chi connectivity index (χ3n) is 3.40. The zero-order chi connectivity index (χ0) is 15.2. The van der Waals surface area contributed by atoms with Gasteiger partial charge in [-0.1, -0.05) is 32.1 Å². The average molecular weight is 284 g/mol. The smallest absolute Gasteiger partial charge is 0.192 e. The van der Waals surface area contributed by atoms with Crippen LogP contribution >= 0.6 is 0 Å². The van der Waals surface area contributed by atoms with E-state index in [1.807, 2.05) is 32.1 Å². The third kappa shape index (κ3) is 4.15. The molecule has 0 fully saturated rings. The molecule has 0 heterocycles. The number of Topliss-reactive ketones (excluding diaryl/α,β-unsaturated/α-hetero) is 2. The van der Waals surface area contributed by atoms with Gasteiger partial charge in [0.2, 0.25) is 0 Å². The van der Waals surface area contributed by atoms with Gasteiger partial charge in [-0.3, -0.25) is 9.59 Å². The van der Waals surface area contributed by atoms with Gasteiger partial charge in [-0.15, -0.1) is 0 Å². The lowest BCUT2D eigenvalue weighted by atomic mass is 9.98. The van der Waals surface area contributed by atoms with E-state index < -0.39 is 0 Å². The highest BCUT2D eigenvalue weighted by Gasteiger charge is 2.12. The van der Waals surface area contributed by atoms with Gasteiger partial charge in [0.25, 0.3) is 0 Å². The molecule has 1 aliphatic rings. The Hall–Kier alpha value is -2.16. The highest BCUT2D eigenvalue weighted by atomic mass is 16.5. The van der Waals surface area contributed by atoms with Crippen molar-refractivity contribution in [3.63, 3.8) is 0 Å². The topological polar surface area (TPSA) is 43.4 Å². The van der Waals surface area contributed by atoms with Crippen LogP contribution in [0, 0.1) is 5.92 Å². The Morgan fingerprint density at radius 1 is 1.14 bits per heavy atom. The zero-order valence-corrected chi connectivity index (χ0v) is 12.5. The summed E-state index contributed by atoms with van der Waals surface area (Å²) in [5, 5.41) is 0. The van der Waals surface area contributed by atoms with E-state index in [1.54, 1.807) is 24.3 Å². The molecule has 110 valence electrons. The Morgan fingerprint density at radius 3 is 2.43 bits per heavy atom. The molecule has 21 heavy (non-hydrogen) atoms. The van der Waals surface area contributed by atoms with Crippen LogP contribution in [0.2, 0.25) is 0 Å². The average Bonchev–Trinajstić information content (AvgIpc) is 2.53. The van der Waals surface area contributed by atoms with Gasteiger partial charge in [-0.25, -0.2) is 0 Å². The first-order chi connectivity index (χ1) is 10.1. The van der Waals surface area contributed by atoms with Crippen LogP contribution in [-0.4, -0.2) is 18.2 Å². The molecular formula is C18H20O3. The molecule has 3 heteroatoms. The first kappa shape index (κ1) is 15.2. The number of allylic oxidation sites excluding steroid dienone is 4. The molecular weight excluding hydrogens is 264 g/mol. The molecule has 0 N–H and O–H groups in total. The molecule has 0 bridgehead atoms. The van der Waals surface area contributed by atoms with Crippen molar-refractivity contribution >= 4 is 11.6 Å². The summed E-state index contributed by atoms with van der Waals surface area (Å²) in [4.78, 5) is 23.8. The van der Waals surface area contributed by atoms with Gasteiger partial charge >= 0.3 is 0 Å². The second-order valence-corrected chi connectivity index (χ2v) is 5.40. The van der Waals surface area contributed by atoms with E-state index in [-0.39, 0.29) is 24.1 Å². The van der Waals surface area contributed by atoms with Crippen LogP contribution in [0.3, 0.4) is 0 Å². The van der Waals surface area contributed by atoms with E-state index >= 15 is 0 Å². The summed E-state index contributed by atoms with van der Waals surface area (Å²) in [7, 11) is 0. The highest BCUT2D eigenvalue weighted by Crippen LogP contribution is 2.18. The molecule has 0 amide bonds. The van der Waals surface area contributed by atoms with E-state index in [9.17, 15) is 9.59 Å². The fourth-order valence-electron chi connectivity index (χ4n) is 1.97.